The first-order valence-electron chi connectivity index (χ1n) is 7.51. The Labute approximate surface area is 133 Å². The molecule has 3 rings (SSSR count). The molecule has 6 heteroatoms. The van der Waals surface area contributed by atoms with Crippen LogP contribution in [0.15, 0.2) is 12.1 Å². The van der Waals surface area contributed by atoms with E-state index in [1.54, 1.807) is 0 Å². The minimum Gasteiger partial charge on any atom is -0.396 e. The number of amides is 2. The summed E-state index contributed by atoms with van der Waals surface area (Å²) in [6.45, 7) is 2.12. The van der Waals surface area contributed by atoms with Crippen LogP contribution < -0.4 is 10.6 Å². The Morgan fingerprint density at radius 3 is 2.90 bits per heavy atom. The van der Waals surface area contributed by atoms with Crippen molar-refractivity contribution in [3.05, 3.63) is 21.3 Å². The lowest BCUT2D eigenvalue weighted by Crippen LogP contribution is -2.49. The molecule has 1 aromatic rings. The highest BCUT2D eigenvalue weighted by molar-refractivity contribution is 7.16. The third-order valence-electron chi connectivity index (χ3n) is 4.97. The van der Waals surface area contributed by atoms with Crippen LogP contribution in [0.5, 0.6) is 0 Å². The molecule has 4 nitrogen and oxygen atoms in total. The molecule has 2 bridgehead atoms. The first-order valence-corrected chi connectivity index (χ1v) is 8.71. The van der Waals surface area contributed by atoms with Gasteiger partial charge in [-0.1, -0.05) is 11.6 Å². The molecule has 1 heterocycles. The summed E-state index contributed by atoms with van der Waals surface area (Å²) in [7, 11) is 0. The van der Waals surface area contributed by atoms with Crippen LogP contribution >= 0.6 is 22.9 Å². The second kappa shape index (κ2) is 6.15. The maximum absolute atomic E-state index is 12.2. The average molecular weight is 329 g/mol. The van der Waals surface area contributed by atoms with Crippen molar-refractivity contribution in [2.45, 2.75) is 38.3 Å². The largest absolute Gasteiger partial charge is 0.396 e. The van der Waals surface area contributed by atoms with Gasteiger partial charge in [0.25, 0.3) is 0 Å². The molecule has 21 heavy (non-hydrogen) atoms. The van der Waals surface area contributed by atoms with Crippen molar-refractivity contribution >= 4 is 29.0 Å². The number of urea groups is 1. The van der Waals surface area contributed by atoms with Crippen molar-refractivity contribution < 1.29 is 9.90 Å². The highest BCUT2D eigenvalue weighted by Gasteiger charge is 2.47. The van der Waals surface area contributed by atoms with Crippen LogP contribution in [-0.4, -0.2) is 23.8 Å². The van der Waals surface area contributed by atoms with Crippen molar-refractivity contribution in [3.8, 4) is 0 Å². The number of nitrogens with one attached hydrogen (secondary N) is 2. The van der Waals surface area contributed by atoms with Crippen molar-refractivity contribution in [2.75, 3.05) is 6.61 Å². The van der Waals surface area contributed by atoms with Crippen LogP contribution in [-0.2, 0) is 0 Å². The minimum atomic E-state index is -0.150. The number of carbonyl (C=O) groups is 1. The predicted octanol–water partition coefficient (Wildman–Crippen LogP) is 3.17. The van der Waals surface area contributed by atoms with Gasteiger partial charge in [-0.05, 0) is 50.2 Å². The number of aliphatic hydroxyl groups excluding tert-OH is 1. The molecule has 3 N–H and O–H groups in total. The molecule has 2 amide bonds. The lowest BCUT2D eigenvalue weighted by Gasteiger charge is -2.30. The highest BCUT2D eigenvalue weighted by Crippen LogP contribution is 2.48. The Morgan fingerprint density at radius 2 is 2.24 bits per heavy atom. The fraction of sp³-hybridized carbons (Fsp3) is 0.667. The zero-order valence-electron chi connectivity index (χ0n) is 12.0. The molecule has 1 aromatic heterocycles. The number of rotatable bonds is 4. The van der Waals surface area contributed by atoms with Gasteiger partial charge < -0.3 is 15.7 Å². The second-order valence-electron chi connectivity index (χ2n) is 6.19. The van der Waals surface area contributed by atoms with Crippen LogP contribution in [0.25, 0.3) is 0 Å². The van der Waals surface area contributed by atoms with Gasteiger partial charge in [-0.2, -0.15) is 0 Å². The monoisotopic (exact) mass is 328 g/mol. The van der Waals surface area contributed by atoms with Crippen molar-refractivity contribution in [2.24, 2.45) is 17.8 Å². The predicted molar refractivity (Wildman–Crippen MR) is 84.6 cm³/mol. The summed E-state index contributed by atoms with van der Waals surface area (Å²) in [4.78, 5) is 13.2. The number of fused-ring (bicyclic) bond motifs is 2. The SMILES string of the molecule is CC(NC(=O)NC1C2CCC(C2)C1CO)c1ccc(Cl)s1. The fourth-order valence-corrected chi connectivity index (χ4v) is 4.98. The van der Waals surface area contributed by atoms with E-state index in [1.165, 1.54) is 24.2 Å². The lowest BCUT2D eigenvalue weighted by atomic mass is 9.85. The molecule has 2 fully saturated rings. The number of thiophene rings is 1. The number of carbonyl (C=O) groups excluding carboxylic acids is 1. The summed E-state index contributed by atoms with van der Waals surface area (Å²) in [5, 5.41) is 15.6. The van der Waals surface area contributed by atoms with Crippen molar-refractivity contribution in [1.82, 2.24) is 10.6 Å². The van der Waals surface area contributed by atoms with E-state index >= 15 is 0 Å². The van der Waals surface area contributed by atoms with E-state index in [1.807, 2.05) is 19.1 Å². The van der Waals surface area contributed by atoms with E-state index < -0.39 is 0 Å². The number of halogens is 1. The number of hydrogen-bond donors (Lipinski definition) is 3. The molecule has 2 aliphatic rings. The van der Waals surface area contributed by atoms with Gasteiger partial charge in [0.2, 0.25) is 0 Å². The third kappa shape index (κ3) is 3.05. The summed E-state index contributed by atoms with van der Waals surface area (Å²) in [5.41, 5.74) is 0. The standard InChI is InChI=1S/C15H21ClN2O2S/c1-8(12-4-5-13(16)21-12)17-15(20)18-14-10-3-2-9(6-10)11(14)7-19/h4-5,8-11,14,19H,2-3,6-7H2,1H3,(H2,17,18,20). The maximum Gasteiger partial charge on any atom is 0.315 e. The number of aliphatic hydroxyl groups is 1. The summed E-state index contributed by atoms with van der Waals surface area (Å²) in [6.07, 6.45) is 3.51. The summed E-state index contributed by atoms with van der Waals surface area (Å²) >= 11 is 7.40. The molecule has 116 valence electrons. The van der Waals surface area contributed by atoms with E-state index in [0.717, 1.165) is 15.6 Å². The fourth-order valence-electron chi connectivity index (χ4n) is 3.92. The lowest BCUT2D eigenvalue weighted by molar-refractivity contribution is 0.144. The smallest absolute Gasteiger partial charge is 0.315 e. The molecule has 2 saturated carbocycles. The van der Waals surface area contributed by atoms with Gasteiger partial charge in [-0.3, -0.25) is 0 Å². The third-order valence-corrected chi connectivity index (χ3v) is 6.38. The normalized spacial score (nSPS) is 32.1. The van der Waals surface area contributed by atoms with Crippen LogP contribution in [0.1, 0.15) is 37.1 Å². The van der Waals surface area contributed by atoms with E-state index in [2.05, 4.69) is 10.6 Å². The summed E-state index contributed by atoms with van der Waals surface area (Å²) in [6, 6.07) is 3.69. The molecule has 0 radical (unpaired) electrons. The summed E-state index contributed by atoms with van der Waals surface area (Å²) < 4.78 is 0.729. The first kappa shape index (κ1) is 15.1. The Kier molecular flexibility index (Phi) is 4.43. The second-order valence-corrected chi connectivity index (χ2v) is 7.93. The van der Waals surface area contributed by atoms with Crippen LogP contribution in [0, 0.1) is 17.8 Å². The van der Waals surface area contributed by atoms with Crippen LogP contribution in [0.4, 0.5) is 4.79 Å². The zero-order valence-corrected chi connectivity index (χ0v) is 13.6. The van der Waals surface area contributed by atoms with E-state index in [9.17, 15) is 9.90 Å². The van der Waals surface area contributed by atoms with E-state index in [0.29, 0.717) is 11.8 Å². The molecule has 0 saturated heterocycles. The summed E-state index contributed by atoms with van der Waals surface area (Å²) in [5.74, 6) is 1.34. The van der Waals surface area contributed by atoms with Gasteiger partial charge in [0.1, 0.15) is 0 Å². The molecular formula is C15H21ClN2O2S. The quantitative estimate of drug-likeness (QED) is 0.795. The van der Waals surface area contributed by atoms with Gasteiger partial charge in [0, 0.05) is 23.4 Å². The Bertz CT molecular complexity index is 522. The van der Waals surface area contributed by atoms with Gasteiger partial charge >= 0.3 is 6.03 Å². The zero-order chi connectivity index (χ0) is 15.0. The van der Waals surface area contributed by atoms with Crippen molar-refractivity contribution in [3.63, 3.8) is 0 Å². The molecule has 5 atom stereocenters. The van der Waals surface area contributed by atoms with E-state index in [-0.39, 0.29) is 30.6 Å². The van der Waals surface area contributed by atoms with E-state index in [4.69, 9.17) is 11.6 Å². The van der Waals surface area contributed by atoms with Gasteiger partial charge in [-0.25, -0.2) is 4.79 Å². The molecule has 5 unspecified atom stereocenters. The van der Waals surface area contributed by atoms with Crippen LogP contribution in [0.3, 0.4) is 0 Å². The molecule has 0 aromatic carbocycles. The Balaban J connectivity index is 1.56. The Hall–Kier alpha value is -0.780. The van der Waals surface area contributed by atoms with Crippen molar-refractivity contribution in [1.29, 1.82) is 0 Å². The van der Waals surface area contributed by atoms with Gasteiger partial charge in [-0.15, -0.1) is 11.3 Å². The molecule has 0 spiro atoms. The van der Waals surface area contributed by atoms with Crippen LogP contribution in [0.2, 0.25) is 4.34 Å². The Morgan fingerprint density at radius 1 is 1.48 bits per heavy atom. The molecule has 0 aliphatic heterocycles. The first-order chi connectivity index (χ1) is 10.1. The maximum atomic E-state index is 12.2. The average Bonchev–Trinajstić information content (AvgIpc) is 3.13. The number of hydrogen-bond acceptors (Lipinski definition) is 3. The molecular weight excluding hydrogens is 308 g/mol. The molecule has 2 aliphatic carbocycles. The topological polar surface area (TPSA) is 61.4 Å². The van der Waals surface area contributed by atoms with Gasteiger partial charge in [0.05, 0.1) is 10.4 Å². The van der Waals surface area contributed by atoms with Gasteiger partial charge in [0.15, 0.2) is 0 Å². The minimum absolute atomic E-state index is 0.0614. The highest BCUT2D eigenvalue weighted by atomic mass is 35.5.